The average molecular weight is 496 g/mol. The molecule has 0 bridgehead atoms. The number of alkyl halides is 6. The summed E-state index contributed by atoms with van der Waals surface area (Å²) in [4.78, 5) is 25.0. The van der Waals surface area contributed by atoms with Gasteiger partial charge >= 0.3 is 12.4 Å². The van der Waals surface area contributed by atoms with Crippen LogP contribution in [-0.2, 0) is 12.4 Å². The molecule has 0 unspecified atom stereocenters. The molecule has 12 heteroatoms. The lowest BCUT2D eigenvalue weighted by Gasteiger charge is -2.16. The summed E-state index contributed by atoms with van der Waals surface area (Å²) in [5, 5.41) is 4.44. The van der Waals surface area contributed by atoms with Gasteiger partial charge in [0.15, 0.2) is 0 Å². The summed E-state index contributed by atoms with van der Waals surface area (Å²) in [6.45, 7) is 1.68. The molecule has 0 aliphatic carbocycles. The number of nitrogens with two attached hydrogens (primary N) is 2. The van der Waals surface area contributed by atoms with E-state index < -0.39 is 57.8 Å². The summed E-state index contributed by atoms with van der Waals surface area (Å²) in [5.41, 5.74) is 7.38. The number of halogens is 6. The van der Waals surface area contributed by atoms with Gasteiger partial charge in [0, 0.05) is 28.3 Å². The molecule has 0 atom stereocenters. The molecule has 3 rings (SSSR count). The van der Waals surface area contributed by atoms with Crippen molar-refractivity contribution in [2.24, 2.45) is 0 Å². The Hall–Kier alpha value is -4.22. The zero-order valence-corrected chi connectivity index (χ0v) is 17.9. The lowest BCUT2D eigenvalue weighted by Crippen LogP contribution is -2.21. The van der Waals surface area contributed by atoms with Crippen LogP contribution < -0.4 is 22.1 Å². The van der Waals surface area contributed by atoms with E-state index in [9.17, 15) is 35.9 Å². The third kappa shape index (κ3) is 5.83. The maximum absolute atomic E-state index is 13.7. The van der Waals surface area contributed by atoms with Gasteiger partial charge in [-0.25, -0.2) is 0 Å². The van der Waals surface area contributed by atoms with E-state index in [2.05, 4.69) is 5.32 Å². The molecule has 3 aromatic carbocycles. The van der Waals surface area contributed by atoms with Crippen LogP contribution >= 0.6 is 0 Å². The quantitative estimate of drug-likeness (QED) is 0.274. The molecule has 2 amide bonds. The topological polar surface area (TPSA) is 110 Å². The number of anilines is 4. The highest BCUT2D eigenvalue weighted by Crippen LogP contribution is 2.36. The van der Waals surface area contributed by atoms with Gasteiger partial charge in [-0.2, -0.15) is 26.3 Å². The molecule has 0 radical (unpaired) electrons. The number of amides is 2. The standard InChI is InChI=1S/C23H18F6N4O2/c1-11-8-13(3-6-18(11)30)32-20(34)12-2-5-15(16(9-12)22(24,25)26)21(35)33-14-4-7-19(31)17(10-14)23(27,28)29/h2-10H,30-31H2,1H3,(H,32,34)(H,33,35). The van der Waals surface area contributed by atoms with Crippen LogP contribution in [0.4, 0.5) is 49.1 Å². The number of carbonyl (C=O) groups is 2. The monoisotopic (exact) mass is 496 g/mol. The number of nitrogen functional groups attached to an aromatic ring is 2. The van der Waals surface area contributed by atoms with Crippen molar-refractivity contribution in [3.05, 3.63) is 82.4 Å². The van der Waals surface area contributed by atoms with Crippen molar-refractivity contribution in [2.75, 3.05) is 22.1 Å². The molecule has 0 fully saturated rings. The van der Waals surface area contributed by atoms with Gasteiger partial charge in [0.2, 0.25) is 0 Å². The second kappa shape index (κ2) is 9.20. The highest BCUT2D eigenvalue weighted by molar-refractivity contribution is 6.08. The fraction of sp³-hybridized carbons (Fsp3) is 0.130. The second-order valence-corrected chi connectivity index (χ2v) is 7.54. The maximum atomic E-state index is 13.7. The van der Waals surface area contributed by atoms with E-state index in [1.807, 2.05) is 5.32 Å². The van der Waals surface area contributed by atoms with Crippen molar-refractivity contribution >= 4 is 34.6 Å². The molecule has 184 valence electrons. The number of carbonyl (C=O) groups excluding carboxylic acids is 2. The molecule has 35 heavy (non-hydrogen) atoms. The largest absolute Gasteiger partial charge is 0.418 e. The van der Waals surface area contributed by atoms with Crippen molar-refractivity contribution in [1.29, 1.82) is 0 Å². The zero-order valence-electron chi connectivity index (χ0n) is 17.9. The summed E-state index contributed by atoms with van der Waals surface area (Å²) in [5.74, 6) is -2.20. The Morgan fingerprint density at radius 3 is 1.80 bits per heavy atom. The lowest BCUT2D eigenvalue weighted by atomic mass is 10.0. The molecule has 0 spiro atoms. The van der Waals surface area contributed by atoms with Crippen LogP contribution in [0.2, 0.25) is 0 Å². The summed E-state index contributed by atoms with van der Waals surface area (Å²) >= 11 is 0. The first kappa shape index (κ1) is 25.4. The molecule has 3 aromatic rings. The highest BCUT2D eigenvalue weighted by atomic mass is 19.4. The Morgan fingerprint density at radius 2 is 1.23 bits per heavy atom. The number of rotatable bonds is 4. The number of hydrogen-bond donors (Lipinski definition) is 4. The van der Waals surface area contributed by atoms with Gasteiger partial charge in [-0.3, -0.25) is 9.59 Å². The lowest BCUT2D eigenvalue weighted by molar-refractivity contribution is -0.138. The van der Waals surface area contributed by atoms with Gasteiger partial charge in [0.1, 0.15) is 0 Å². The minimum Gasteiger partial charge on any atom is -0.399 e. The summed E-state index contributed by atoms with van der Waals surface area (Å²) in [6, 6.07) is 9.16. The first-order valence-corrected chi connectivity index (χ1v) is 9.83. The second-order valence-electron chi connectivity index (χ2n) is 7.54. The van der Waals surface area contributed by atoms with Crippen LogP contribution in [0.25, 0.3) is 0 Å². The first-order chi connectivity index (χ1) is 16.2. The molecule has 0 aliphatic rings. The predicted molar refractivity (Wildman–Crippen MR) is 119 cm³/mol. The predicted octanol–water partition coefficient (Wildman–Crippen LogP) is 5.70. The van der Waals surface area contributed by atoms with E-state index in [0.717, 1.165) is 24.3 Å². The van der Waals surface area contributed by atoms with Crippen molar-refractivity contribution in [2.45, 2.75) is 19.3 Å². The number of nitrogens with one attached hydrogen (secondary N) is 2. The molecular weight excluding hydrogens is 478 g/mol. The number of benzene rings is 3. The summed E-state index contributed by atoms with van der Waals surface area (Å²) < 4.78 is 80.2. The molecule has 0 aliphatic heterocycles. The zero-order chi connectivity index (χ0) is 26.1. The molecule has 0 saturated carbocycles. The minimum absolute atomic E-state index is 0.292. The fourth-order valence-corrected chi connectivity index (χ4v) is 3.15. The molecule has 0 saturated heterocycles. The van der Waals surface area contributed by atoms with E-state index in [-0.39, 0.29) is 0 Å². The molecule has 0 heterocycles. The Labute approximate surface area is 194 Å². The van der Waals surface area contributed by atoms with E-state index in [1.165, 1.54) is 18.2 Å². The van der Waals surface area contributed by atoms with Crippen LogP contribution in [0.1, 0.15) is 37.4 Å². The Balaban J connectivity index is 1.91. The molecule has 6 N–H and O–H groups in total. The van der Waals surface area contributed by atoms with Crippen LogP contribution in [0.3, 0.4) is 0 Å². The van der Waals surface area contributed by atoms with Crippen LogP contribution in [0.15, 0.2) is 54.6 Å². The summed E-state index contributed by atoms with van der Waals surface area (Å²) in [6.07, 6.45) is -9.88. The highest BCUT2D eigenvalue weighted by Gasteiger charge is 2.37. The number of hydrogen-bond acceptors (Lipinski definition) is 4. The maximum Gasteiger partial charge on any atom is 0.418 e. The van der Waals surface area contributed by atoms with Crippen molar-refractivity contribution in [1.82, 2.24) is 0 Å². The third-order valence-corrected chi connectivity index (χ3v) is 4.98. The van der Waals surface area contributed by atoms with E-state index >= 15 is 0 Å². The average Bonchev–Trinajstić information content (AvgIpc) is 2.75. The first-order valence-electron chi connectivity index (χ1n) is 9.83. The van der Waals surface area contributed by atoms with E-state index in [4.69, 9.17) is 11.5 Å². The third-order valence-electron chi connectivity index (χ3n) is 4.98. The van der Waals surface area contributed by atoms with Crippen molar-refractivity contribution in [3.8, 4) is 0 Å². The fourth-order valence-electron chi connectivity index (χ4n) is 3.15. The van der Waals surface area contributed by atoms with Gasteiger partial charge in [-0.1, -0.05) is 0 Å². The Kier molecular flexibility index (Phi) is 6.68. The van der Waals surface area contributed by atoms with Gasteiger partial charge in [-0.05, 0) is 67.1 Å². The van der Waals surface area contributed by atoms with Gasteiger partial charge in [0.05, 0.1) is 16.7 Å². The van der Waals surface area contributed by atoms with E-state index in [1.54, 1.807) is 6.92 Å². The van der Waals surface area contributed by atoms with Gasteiger partial charge in [0.25, 0.3) is 11.8 Å². The Bertz CT molecular complexity index is 1300. The van der Waals surface area contributed by atoms with Crippen molar-refractivity contribution in [3.63, 3.8) is 0 Å². The SMILES string of the molecule is Cc1cc(NC(=O)c2ccc(C(=O)Nc3ccc(N)c(C(F)(F)F)c3)c(C(F)(F)F)c2)ccc1N. The van der Waals surface area contributed by atoms with Crippen LogP contribution in [0.5, 0.6) is 0 Å². The molecule has 6 nitrogen and oxygen atoms in total. The summed E-state index contributed by atoms with van der Waals surface area (Å²) in [7, 11) is 0. The van der Waals surface area contributed by atoms with Crippen LogP contribution in [-0.4, -0.2) is 11.8 Å². The van der Waals surface area contributed by atoms with E-state index in [0.29, 0.717) is 29.1 Å². The van der Waals surface area contributed by atoms with Gasteiger partial charge < -0.3 is 22.1 Å². The molecular formula is C23H18F6N4O2. The minimum atomic E-state index is -5.04. The Morgan fingerprint density at radius 1 is 0.686 bits per heavy atom. The van der Waals surface area contributed by atoms with Crippen molar-refractivity contribution < 1.29 is 35.9 Å². The molecule has 0 aromatic heterocycles. The smallest absolute Gasteiger partial charge is 0.399 e. The van der Waals surface area contributed by atoms with Crippen LogP contribution in [0, 0.1) is 6.92 Å². The van der Waals surface area contributed by atoms with Gasteiger partial charge in [-0.15, -0.1) is 0 Å². The normalized spacial score (nSPS) is 11.7. The number of aryl methyl sites for hydroxylation is 1.